The molecule has 3 nitrogen and oxygen atoms in total. The molecule has 0 spiro atoms. The van der Waals surface area contributed by atoms with E-state index in [9.17, 15) is 4.39 Å². The summed E-state index contributed by atoms with van der Waals surface area (Å²) in [4.78, 5) is 0. The van der Waals surface area contributed by atoms with Crippen LogP contribution in [-0.4, -0.2) is 14.8 Å². The smallest absolute Gasteiger partial charge is 0.199 e. The fourth-order valence-corrected chi connectivity index (χ4v) is 1.39. The molecule has 0 fully saturated rings. The monoisotopic (exact) mass is 229 g/mol. The number of nitrogens with one attached hydrogen (secondary N) is 1. The summed E-state index contributed by atoms with van der Waals surface area (Å²) in [7, 11) is 0. The number of aromatic nitrogens is 3. The van der Waals surface area contributed by atoms with Crippen LogP contribution in [0.4, 0.5) is 4.39 Å². The van der Waals surface area contributed by atoms with Crippen molar-refractivity contribution in [1.82, 2.24) is 14.8 Å². The second kappa shape index (κ2) is 3.51. The van der Waals surface area contributed by atoms with Gasteiger partial charge < -0.3 is 0 Å². The standard InChI is InChI=1S/C8H5ClFN3S/c9-6-2-1-5(3-7(6)10)13-4-11-12-8(13)14/h1-4H,(H,12,14). The quantitative estimate of drug-likeness (QED) is 0.763. The lowest BCUT2D eigenvalue weighted by Crippen LogP contribution is -1.93. The summed E-state index contributed by atoms with van der Waals surface area (Å²) in [5.41, 5.74) is 0.589. The van der Waals surface area contributed by atoms with Crippen LogP contribution in [-0.2, 0) is 0 Å². The summed E-state index contributed by atoms with van der Waals surface area (Å²) in [6.07, 6.45) is 1.48. The molecule has 0 aliphatic rings. The molecule has 0 radical (unpaired) electrons. The molecular formula is C8H5ClFN3S. The van der Waals surface area contributed by atoms with E-state index >= 15 is 0 Å². The molecule has 0 saturated heterocycles. The van der Waals surface area contributed by atoms with Gasteiger partial charge in [0.25, 0.3) is 0 Å². The summed E-state index contributed by atoms with van der Waals surface area (Å²) in [5, 5.41) is 6.39. The SMILES string of the molecule is Fc1cc(-n2cn[nH]c2=S)ccc1Cl. The predicted molar refractivity (Wildman–Crippen MR) is 53.7 cm³/mol. The van der Waals surface area contributed by atoms with Crippen LogP contribution in [0.1, 0.15) is 0 Å². The summed E-state index contributed by atoms with van der Waals surface area (Å²) in [5.74, 6) is -0.479. The maximum absolute atomic E-state index is 13.1. The highest BCUT2D eigenvalue weighted by atomic mass is 35.5. The number of halogens is 2. The summed E-state index contributed by atoms with van der Waals surface area (Å²) in [6.45, 7) is 0. The molecule has 0 amide bonds. The predicted octanol–water partition coefficient (Wildman–Crippen LogP) is 2.72. The van der Waals surface area contributed by atoms with E-state index in [-0.39, 0.29) is 5.02 Å². The third-order valence-electron chi connectivity index (χ3n) is 1.73. The molecule has 1 aromatic heterocycles. The Hall–Kier alpha value is -1.20. The Balaban J connectivity index is 2.59. The van der Waals surface area contributed by atoms with Crippen molar-refractivity contribution in [2.45, 2.75) is 0 Å². The molecule has 0 atom stereocenters. The first-order valence-electron chi connectivity index (χ1n) is 3.76. The lowest BCUT2D eigenvalue weighted by molar-refractivity contribution is 0.627. The van der Waals surface area contributed by atoms with Crippen LogP contribution in [0.25, 0.3) is 5.69 Å². The number of aromatic amines is 1. The summed E-state index contributed by atoms with van der Waals surface area (Å²) >= 11 is 10.5. The van der Waals surface area contributed by atoms with E-state index in [1.54, 1.807) is 10.6 Å². The zero-order valence-electron chi connectivity index (χ0n) is 6.87. The van der Waals surface area contributed by atoms with Crippen LogP contribution in [0.15, 0.2) is 24.5 Å². The third-order valence-corrected chi connectivity index (χ3v) is 2.33. The van der Waals surface area contributed by atoms with Crippen molar-refractivity contribution < 1.29 is 4.39 Å². The van der Waals surface area contributed by atoms with Crippen LogP contribution >= 0.6 is 23.8 Å². The van der Waals surface area contributed by atoms with E-state index in [2.05, 4.69) is 10.2 Å². The van der Waals surface area contributed by atoms with Crippen molar-refractivity contribution in [3.63, 3.8) is 0 Å². The van der Waals surface area contributed by atoms with E-state index < -0.39 is 5.82 Å². The zero-order chi connectivity index (χ0) is 10.1. The maximum Gasteiger partial charge on any atom is 0.199 e. The minimum Gasteiger partial charge on any atom is -0.275 e. The molecule has 0 aliphatic carbocycles. The molecule has 0 unspecified atom stereocenters. The van der Waals surface area contributed by atoms with Crippen LogP contribution in [0.2, 0.25) is 5.02 Å². The second-order valence-electron chi connectivity index (χ2n) is 2.63. The van der Waals surface area contributed by atoms with Gasteiger partial charge in [-0.1, -0.05) is 11.6 Å². The van der Waals surface area contributed by atoms with Crippen molar-refractivity contribution in [3.05, 3.63) is 40.1 Å². The van der Waals surface area contributed by atoms with E-state index in [0.29, 0.717) is 10.5 Å². The van der Waals surface area contributed by atoms with Crippen molar-refractivity contribution in [3.8, 4) is 5.69 Å². The van der Waals surface area contributed by atoms with Gasteiger partial charge in [0.05, 0.1) is 10.7 Å². The summed E-state index contributed by atoms with van der Waals surface area (Å²) < 4.78 is 15.1. The van der Waals surface area contributed by atoms with Gasteiger partial charge in [-0.25, -0.2) is 4.39 Å². The van der Waals surface area contributed by atoms with Gasteiger partial charge in [0.15, 0.2) is 4.77 Å². The molecule has 0 aliphatic heterocycles. The maximum atomic E-state index is 13.1. The van der Waals surface area contributed by atoms with Crippen LogP contribution in [0.5, 0.6) is 0 Å². The highest BCUT2D eigenvalue weighted by Crippen LogP contribution is 2.17. The number of H-pyrrole nitrogens is 1. The molecule has 1 aromatic carbocycles. The van der Waals surface area contributed by atoms with Gasteiger partial charge in [0.1, 0.15) is 12.1 Å². The molecule has 1 N–H and O–H groups in total. The first-order chi connectivity index (χ1) is 6.68. The number of rotatable bonds is 1. The Morgan fingerprint density at radius 3 is 2.86 bits per heavy atom. The average Bonchev–Trinajstić information content (AvgIpc) is 2.57. The topological polar surface area (TPSA) is 33.6 Å². The first kappa shape index (κ1) is 9.36. The molecule has 6 heteroatoms. The van der Waals surface area contributed by atoms with Gasteiger partial charge >= 0.3 is 0 Å². The molecule has 72 valence electrons. The number of hydrogen-bond acceptors (Lipinski definition) is 2. The normalized spacial score (nSPS) is 10.4. The van der Waals surface area contributed by atoms with Crippen LogP contribution in [0.3, 0.4) is 0 Å². The van der Waals surface area contributed by atoms with Crippen molar-refractivity contribution in [2.75, 3.05) is 0 Å². The van der Waals surface area contributed by atoms with Crippen molar-refractivity contribution in [1.29, 1.82) is 0 Å². The molecular weight excluding hydrogens is 225 g/mol. The van der Waals surface area contributed by atoms with E-state index in [1.807, 2.05) is 0 Å². The molecule has 0 bridgehead atoms. The van der Waals surface area contributed by atoms with E-state index in [4.69, 9.17) is 23.8 Å². The molecule has 2 aromatic rings. The Kier molecular flexibility index (Phi) is 2.35. The molecule has 14 heavy (non-hydrogen) atoms. The van der Waals surface area contributed by atoms with Gasteiger partial charge in [0.2, 0.25) is 0 Å². The van der Waals surface area contributed by atoms with Gasteiger partial charge in [-0.2, -0.15) is 5.10 Å². The Labute approximate surface area is 89.1 Å². The van der Waals surface area contributed by atoms with Crippen LogP contribution in [0, 0.1) is 10.6 Å². The average molecular weight is 230 g/mol. The number of hydrogen-bond donors (Lipinski definition) is 1. The minimum absolute atomic E-state index is 0.0868. The van der Waals surface area contributed by atoms with Crippen LogP contribution < -0.4 is 0 Å². The van der Waals surface area contributed by atoms with Gasteiger partial charge in [-0.05, 0) is 30.4 Å². The third kappa shape index (κ3) is 1.56. The summed E-state index contributed by atoms with van der Waals surface area (Å²) in [6, 6.07) is 4.44. The minimum atomic E-state index is -0.479. The largest absolute Gasteiger partial charge is 0.275 e. The van der Waals surface area contributed by atoms with E-state index in [1.165, 1.54) is 18.5 Å². The molecule has 2 rings (SSSR count). The van der Waals surface area contributed by atoms with Gasteiger partial charge in [0, 0.05) is 0 Å². The zero-order valence-corrected chi connectivity index (χ0v) is 8.44. The lowest BCUT2D eigenvalue weighted by Gasteiger charge is -2.01. The Morgan fingerprint density at radius 2 is 2.29 bits per heavy atom. The molecule has 0 saturated carbocycles. The van der Waals surface area contributed by atoms with E-state index in [0.717, 1.165) is 0 Å². The Morgan fingerprint density at radius 1 is 1.50 bits per heavy atom. The van der Waals surface area contributed by atoms with Crippen molar-refractivity contribution in [2.24, 2.45) is 0 Å². The highest BCUT2D eigenvalue weighted by Gasteiger charge is 2.03. The Bertz CT molecular complexity index is 519. The first-order valence-corrected chi connectivity index (χ1v) is 4.54. The molecule has 1 heterocycles. The van der Waals surface area contributed by atoms with Gasteiger partial charge in [-0.15, -0.1) is 0 Å². The fourth-order valence-electron chi connectivity index (χ4n) is 1.07. The fraction of sp³-hybridized carbons (Fsp3) is 0. The van der Waals surface area contributed by atoms with Crippen molar-refractivity contribution >= 4 is 23.8 Å². The highest BCUT2D eigenvalue weighted by molar-refractivity contribution is 7.71. The van der Waals surface area contributed by atoms with Gasteiger partial charge in [-0.3, -0.25) is 9.67 Å². The lowest BCUT2D eigenvalue weighted by atomic mass is 10.3. The number of nitrogens with zero attached hydrogens (tertiary/aromatic N) is 2. The second-order valence-corrected chi connectivity index (χ2v) is 3.42. The number of benzene rings is 1.